The second-order valence-electron chi connectivity index (χ2n) is 5.17. The van der Waals surface area contributed by atoms with Crippen LogP contribution in [0, 0.1) is 83.5 Å². The topological polar surface area (TPSA) is 67.5 Å². The van der Waals surface area contributed by atoms with Gasteiger partial charge in [0.2, 0.25) is 0 Å². The zero-order valence-electron chi connectivity index (χ0n) is 14.1. The van der Waals surface area contributed by atoms with Gasteiger partial charge in [0.15, 0.2) is 5.78 Å². The van der Waals surface area contributed by atoms with Crippen molar-refractivity contribution in [2.45, 2.75) is 6.92 Å². The smallest absolute Gasteiger partial charge is 0.351 e. The number of ketones is 1. The maximum atomic E-state index is 11.9. The van der Waals surface area contributed by atoms with E-state index in [9.17, 15) is 14.7 Å². The van der Waals surface area contributed by atoms with Crippen LogP contribution in [0.5, 0.6) is 5.75 Å². The molecule has 5 heteroatoms. The molecule has 1 N–H and O–H groups in total. The summed E-state index contributed by atoms with van der Waals surface area (Å²) < 4.78 is 4.79. The summed E-state index contributed by atoms with van der Waals surface area (Å²) in [6.45, 7) is 1.52. The molecule has 0 spiro atoms. The first-order chi connectivity index (χ1) is 12.1. The van der Waals surface area contributed by atoms with E-state index in [-0.39, 0.29) is 34.1 Å². The average molecular weight is 390 g/mol. The van der Waals surface area contributed by atoms with Gasteiger partial charge >= 0.3 is 5.63 Å². The molecule has 0 bridgehead atoms. The minimum Gasteiger partial charge on any atom is -0.507 e. The molecule has 4 nitrogen and oxygen atoms in total. The van der Waals surface area contributed by atoms with Crippen LogP contribution in [0.4, 0.5) is 0 Å². The zero-order chi connectivity index (χ0) is 18.1. The molecule has 0 saturated heterocycles. The molecule has 26 heavy (non-hydrogen) atoms. The predicted molar refractivity (Wildman–Crippen MR) is 95.4 cm³/mol. The van der Waals surface area contributed by atoms with Gasteiger partial charge in [-0.3, -0.25) is 4.79 Å². The van der Waals surface area contributed by atoms with Crippen LogP contribution >= 0.6 is 0 Å². The van der Waals surface area contributed by atoms with Crippen molar-refractivity contribution in [1.29, 1.82) is 0 Å². The average Bonchev–Trinajstić information content (AvgIpc) is 2.62. The van der Waals surface area contributed by atoms with Gasteiger partial charge < -0.3 is 9.52 Å². The summed E-state index contributed by atoms with van der Waals surface area (Å²) in [6, 6.07) is 1.24. The van der Waals surface area contributed by atoms with Crippen molar-refractivity contribution in [1.82, 2.24) is 0 Å². The van der Waals surface area contributed by atoms with E-state index in [1.807, 2.05) is 70.6 Å². The normalized spacial score (nSPS) is 17.9. The summed E-state index contributed by atoms with van der Waals surface area (Å²) in [5.41, 5.74) is -1.18. The van der Waals surface area contributed by atoms with Crippen molar-refractivity contribution >= 4 is 5.78 Å². The van der Waals surface area contributed by atoms with Crippen molar-refractivity contribution in [3.8, 4) is 5.75 Å². The van der Waals surface area contributed by atoms with Crippen molar-refractivity contribution in [2.75, 3.05) is 0 Å². The van der Waals surface area contributed by atoms with Gasteiger partial charge in [0.1, 0.15) is 17.1 Å². The maximum absolute atomic E-state index is 11.9. The molecule has 0 aliphatic heterocycles. The van der Waals surface area contributed by atoms with E-state index < -0.39 is 11.4 Å². The molecule has 2 aliphatic carbocycles. The molecule has 2 aliphatic rings. The van der Waals surface area contributed by atoms with Crippen molar-refractivity contribution in [3.05, 3.63) is 117 Å². The third-order valence-corrected chi connectivity index (χ3v) is 3.19. The SMILES string of the molecule is Cc1cc(O)c(C(=O)/C=C/[C]2[CH][CH][CH][CH][CH]2)c(=O)o1.[CH]1[CH][CH][CH][CH][CH]1.[Fe]. The Labute approximate surface area is 166 Å². The molecule has 0 atom stereocenters. The molecular formula is C21H18FeO4. The Hall–Kier alpha value is -1.32. The van der Waals surface area contributed by atoms with Gasteiger partial charge in [0.25, 0.3) is 0 Å². The zero-order valence-corrected chi connectivity index (χ0v) is 15.2. The van der Waals surface area contributed by atoms with Gasteiger partial charge in [-0.15, -0.1) is 0 Å². The van der Waals surface area contributed by atoms with Crippen molar-refractivity contribution in [2.24, 2.45) is 0 Å². The van der Waals surface area contributed by atoms with E-state index in [4.69, 9.17) is 4.42 Å². The van der Waals surface area contributed by atoms with E-state index >= 15 is 0 Å². The van der Waals surface area contributed by atoms with Gasteiger partial charge in [-0.25, -0.2) is 4.79 Å². The standard InChI is InChI=1S/C15H12O4.C6H6.Fe/c1-10-9-13(17)14(15(18)19-10)12(16)8-7-11-5-3-2-4-6-11;1-2-4-6-5-3-1;/h2-9,17H,1H3;1-6H;/b8-7+;;. The molecule has 2 fully saturated rings. The van der Waals surface area contributed by atoms with Gasteiger partial charge in [0.05, 0.1) is 0 Å². The fourth-order valence-corrected chi connectivity index (χ4v) is 2.03. The van der Waals surface area contributed by atoms with Crippen molar-refractivity contribution < 1.29 is 31.4 Å². The first kappa shape index (κ1) is 22.7. The van der Waals surface area contributed by atoms with Gasteiger partial charge in [-0.1, -0.05) is 6.08 Å². The van der Waals surface area contributed by atoms with Crippen LogP contribution in [0.1, 0.15) is 16.1 Å². The number of rotatable bonds is 3. The second kappa shape index (κ2) is 12.1. The summed E-state index contributed by atoms with van der Waals surface area (Å²) >= 11 is 0. The van der Waals surface area contributed by atoms with Gasteiger partial charge in [0, 0.05) is 29.1 Å². The number of carbonyl (C=O) groups excluding carboxylic acids is 1. The molecular weight excluding hydrogens is 372 g/mol. The van der Waals surface area contributed by atoms with Crippen LogP contribution in [0.15, 0.2) is 27.4 Å². The summed E-state index contributed by atoms with van der Waals surface area (Å²) in [5, 5.41) is 9.63. The summed E-state index contributed by atoms with van der Waals surface area (Å²) in [4.78, 5) is 23.4. The fourth-order valence-electron chi connectivity index (χ4n) is 2.03. The Morgan fingerprint density at radius 2 is 1.46 bits per heavy atom. The third kappa shape index (κ3) is 7.51. The van der Waals surface area contributed by atoms with Crippen LogP contribution in [-0.2, 0) is 17.1 Å². The van der Waals surface area contributed by atoms with Crippen LogP contribution < -0.4 is 5.63 Å². The molecule has 0 unspecified atom stereocenters. The number of hydrogen-bond donors (Lipinski definition) is 1. The van der Waals surface area contributed by atoms with Crippen LogP contribution in [0.3, 0.4) is 0 Å². The number of carbonyl (C=O) groups is 1. The van der Waals surface area contributed by atoms with E-state index in [0.29, 0.717) is 0 Å². The Morgan fingerprint density at radius 1 is 0.962 bits per heavy atom. The summed E-state index contributed by atoms with van der Waals surface area (Å²) in [5.74, 6) is 0.129. The minimum absolute atomic E-state index is 0. The largest absolute Gasteiger partial charge is 0.507 e. The Bertz CT molecular complexity index is 626. The van der Waals surface area contributed by atoms with E-state index in [1.54, 1.807) is 6.08 Å². The molecule has 1 aromatic heterocycles. The molecule has 0 aromatic carbocycles. The Morgan fingerprint density at radius 3 is 1.96 bits per heavy atom. The molecule has 0 amide bonds. The number of hydrogen-bond acceptors (Lipinski definition) is 4. The number of allylic oxidation sites excluding steroid dienone is 2. The first-order valence-electron chi connectivity index (χ1n) is 7.69. The molecule has 1 heterocycles. The van der Waals surface area contributed by atoms with Gasteiger partial charge in [-0.2, -0.15) is 0 Å². The van der Waals surface area contributed by atoms with Crippen molar-refractivity contribution in [3.63, 3.8) is 0 Å². The summed E-state index contributed by atoms with van der Waals surface area (Å²) in [6.07, 6.45) is 24.0. The first-order valence-corrected chi connectivity index (χ1v) is 7.69. The predicted octanol–water partition coefficient (Wildman–Crippen LogP) is 3.23. The molecule has 12 radical (unpaired) electrons. The van der Waals surface area contributed by atoms with Crippen LogP contribution in [0.2, 0.25) is 0 Å². The molecule has 134 valence electrons. The van der Waals surface area contributed by atoms with Gasteiger partial charge in [-0.05, 0) is 83.6 Å². The molecule has 3 rings (SSSR count). The Kier molecular flexibility index (Phi) is 10.6. The minimum atomic E-state index is -0.833. The second-order valence-corrected chi connectivity index (χ2v) is 5.17. The molecule has 2 saturated carbocycles. The van der Waals surface area contributed by atoms with E-state index in [2.05, 4.69) is 0 Å². The maximum Gasteiger partial charge on any atom is 0.351 e. The monoisotopic (exact) mass is 390 g/mol. The van der Waals surface area contributed by atoms with E-state index in [1.165, 1.54) is 19.1 Å². The fraction of sp³-hybridized carbons (Fsp3) is 0.0476. The van der Waals surface area contributed by atoms with Crippen LogP contribution in [-0.4, -0.2) is 10.9 Å². The molecule has 1 aromatic rings. The van der Waals surface area contributed by atoms with Crippen LogP contribution in [0.25, 0.3) is 0 Å². The third-order valence-electron chi connectivity index (χ3n) is 3.19. The van der Waals surface area contributed by atoms with E-state index in [0.717, 1.165) is 5.92 Å². The Balaban J connectivity index is 0.000000410. The number of aryl methyl sites for hydroxylation is 1. The number of aromatic hydroxyl groups is 1. The quantitative estimate of drug-likeness (QED) is 0.489. The summed E-state index contributed by atoms with van der Waals surface area (Å²) in [7, 11) is 0.